The summed E-state index contributed by atoms with van der Waals surface area (Å²) in [7, 11) is 0. The van der Waals surface area contributed by atoms with Crippen molar-refractivity contribution in [2.75, 3.05) is 23.5 Å². The van der Waals surface area contributed by atoms with Gasteiger partial charge in [-0.15, -0.1) is 0 Å². The molecule has 0 spiro atoms. The lowest BCUT2D eigenvalue weighted by Gasteiger charge is -2.10. The number of hydrazine groups is 1. The van der Waals surface area contributed by atoms with E-state index in [0.29, 0.717) is 16.8 Å². The molecule has 0 bridgehead atoms. The Morgan fingerprint density at radius 2 is 2.11 bits per heavy atom. The van der Waals surface area contributed by atoms with E-state index in [1.165, 1.54) is 11.8 Å². The number of nitrogen functional groups attached to an aromatic ring is 1. The number of nitrogens with one attached hydrogen (secondary N) is 3. The quantitative estimate of drug-likeness (QED) is 0.257. The van der Waals surface area contributed by atoms with E-state index in [-0.39, 0.29) is 18.5 Å². The molecule has 0 aliphatic heterocycles. The monoisotopic (exact) mass is 270 g/mol. The number of hydrogen-bond acceptors (Lipinski definition) is 7. The second kappa shape index (κ2) is 7.02. The van der Waals surface area contributed by atoms with Crippen molar-refractivity contribution < 1.29 is 4.79 Å². The zero-order valence-corrected chi connectivity index (χ0v) is 11.5. The van der Waals surface area contributed by atoms with Crippen LogP contribution in [0, 0.1) is 0 Å². The van der Waals surface area contributed by atoms with E-state index in [0.717, 1.165) is 0 Å². The van der Waals surface area contributed by atoms with Gasteiger partial charge >= 0.3 is 0 Å². The summed E-state index contributed by atoms with van der Waals surface area (Å²) < 4.78 is 0. The number of nitrogens with zero attached hydrogens (tertiary/aromatic N) is 2. The molecule has 1 aromatic heterocycles. The molecule has 0 aliphatic carbocycles. The van der Waals surface area contributed by atoms with Crippen molar-refractivity contribution >= 4 is 29.3 Å². The first-order chi connectivity index (χ1) is 8.55. The van der Waals surface area contributed by atoms with Gasteiger partial charge in [-0.3, -0.25) is 4.79 Å². The van der Waals surface area contributed by atoms with Gasteiger partial charge in [0.15, 0.2) is 5.16 Å². The van der Waals surface area contributed by atoms with Crippen molar-refractivity contribution in [1.82, 2.24) is 15.3 Å². The van der Waals surface area contributed by atoms with Crippen LogP contribution in [0.4, 0.5) is 11.6 Å². The predicted octanol–water partition coefficient (Wildman–Crippen LogP) is 0.421. The summed E-state index contributed by atoms with van der Waals surface area (Å²) in [6.07, 6.45) is 1.87. The van der Waals surface area contributed by atoms with Crippen LogP contribution in [-0.4, -0.2) is 34.7 Å². The third-order valence-electron chi connectivity index (χ3n) is 1.92. The Morgan fingerprint density at radius 3 is 2.67 bits per heavy atom. The summed E-state index contributed by atoms with van der Waals surface area (Å²) in [6, 6.07) is 1.76. The van der Waals surface area contributed by atoms with Crippen molar-refractivity contribution in [2.24, 2.45) is 5.84 Å². The van der Waals surface area contributed by atoms with E-state index < -0.39 is 0 Å². The molecule has 5 N–H and O–H groups in total. The number of carbonyl (C=O) groups is 1. The summed E-state index contributed by atoms with van der Waals surface area (Å²) in [4.78, 5) is 19.8. The van der Waals surface area contributed by atoms with Gasteiger partial charge in [0.1, 0.15) is 11.6 Å². The van der Waals surface area contributed by atoms with Gasteiger partial charge in [0.2, 0.25) is 5.91 Å². The summed E-state index contributed by atoms with van der Waals surface area (Å²) in [5.74, 6) is 6.28. The normalized spacial score (nSPS) is 10.3. The highest BCUT2D eigenvalue weighted by Gasteiger charge is 2.06. The topological polar surface area (TPSA) is 105 Å². The standard InChI is InChI=1S/C10H18N6OS/c1-6(2)13-9(17)5-12-7-4-8(16-11)15-10(14-7)18-3/h4,6H,5,11H2,1-3H3,(H,13,17)(H2,12,14,15,16). The van der Waals surface area contributed by atoms with Gasteiger partial charge in [-0.05, 0) is 20.1 Å². The summed E-state index contributed by atoms with van der Waals surface area (Å²) in [5.41, 5.74) is 2.46. The molecule has 0 saturated carbocycles. The van der Waals surface area contributed by atoms with E-state index in [9.17, 15) is 4.79 Å². The molecule has 0 fully saturated rings. The van der Waals surface area contributed by atoms with Gasteiger partial charge in [0.25, 0.3) is 0 Å². The van der Waals surface area contributed by atoms with Gasteiger partial charge in [-0.1, -0.05) is 11.8 Å². The van der Waals surface area contributed by atoms with Gasteiger partial charge < -0.3 is 16.1 Å². The zero-order valence-electron chi connectivity index (χ0n) is 10.7. The average molecular weight is 270 g/mol. The minimum Gasteiger partial charge on any atom is -0.361 e. The molecule has 0 radical (unpaired) electrons. The lowest BCUT2D eigenvalue weighted by molar-refractivity contribution is -0.119. The lowest BCUT2D eigenvalue weighted by Crippen LogP contribution is -2.35. The second-order valence-electron chi connectivity index (χ2n) is 3.85. The molecule has 7 nitrogen and oxygen atoms in total. The SMILES string of the molecule is CSc1nc(NN)cc(NCC(=O)NC(C)C)n1. The van der Waals surface area contributed by atoms with E-state index >= 15 is 0 Å². The van der Waals surface area contributed by atoms with E-state index in [2.05, 4.69) is 26.0 Å². The van der Waals surface area contributed by atoms with Crippen LogP contribution in [0.3, 0.4) is 0 Å². The minimum absolute atomic E-state index is 0.0865. The number of anilines is 2. The van der Waals surface area contributed by atoms with Crippen molar-refractivity contribution in [3.8, 4) is 0 Å². The van der Waals surface area contributed by atoms with Crippen LogP contribution in [-0.2, 0) is 4.79 Å². The highest BCUT2D eigenvalue weighted by molar-refractivity contribution is 7.98. The molecule has 0 atom stereocenters. The number of amides is 1. The summed E-state index contributed by atoms with van der Waals surface area (Å²) in [6.45, 7) is 3.97. The Morgan fingerprint density at radius 1 is 1.44 bits per heavy atom. The average Bonchev–Trinajstić information content (AvgIpc) is 2.35. The van der Waals surface area contributed by atoms with Crippen LogP contribution in [0.15, 0.2) is 11.2 Å². The van der Waals surface area contributed by atoms with Crippen LogP contribution >= 0.6 is 11.8 Å². The fourth-order valence-electron chi connectivity index (χ4n) is 1.22. The number of hydrogen-bond donors (Lipinski definition) is 4. The molecular formula is C10H18N6OS. The van der Waals surface area contributed by atoms with Crippen LogP contribution in [0.25, 0.3) is 0 Å². The first kappa shape index (κ1) is 14.5. The van der Waals surface area contributed by atoms with Gasteiger partial charge in [0.05, 0.1) is 6.54 Å². The van der Waals surface area contributed by atoms with E-state index in [1.807, 2.05) is 20.1 Å². The maximum Gasteiger partial charge on any atom is 0.239 e. The number of rotatable bonds is 6. The highest BCUT2D eigenvalue weighted by Crippen LogP contribution is 2.16. The minimum atomic E-state index is -0.0865. The zero-order chi connectivity index (χ0) is 13.5. The maximum absolute atomic E-state index is 11.5. The molecule has 0 aliphatic rings. The Bertz CT molecular complexity index is 389. The van der Waals surface area contributed by atoms with Crippen molar-refractivity contribution in [2.45, 2.75) is 25.0 Å². The van der Waals surface area contributed by atoms with Crippen LogP contribution < -0.4 is 21.9 Å². The van der Waals surface area contributed by atoms with Gasteiger partial charge in [-0.2, -0.15) is 0 Å². The molecule has 1 amide bonds. The lowest BCUT2D eigenvalue weighted by atomic mass is 10.4. The molecule has 1 heterocycles. The number of nitrogens with two attached hydrogens (primary N) is 1. The predicted molar refractivity (Wildman–Crippen MR) is 73.4 cm³/mol. The van der Waals surface area contributed by atoms with Crippen molar-refractivity contribution in [3.63, 3.8) is 0 Å². The Kier molecular flexibility index (Phi) is 5.66. The van der Waals surface area contributed by atoms with Crippen molar-refractivity contribution in [1.29, 1.82) is 0 Å². The Hall–Kier alpha value is -1.54. The molecule has 100 valence electrons. The Labute approximate surface area is 110 Å². The van der Waals surface area contributed by atoms with Gasteiger partial charge in [-0.25, -0.2) is 15.8 Å². The number of thioether (sulfide) groups is 1. The molecule has 0 saturated heterocycles. The fourth-order valence-corrected chi connectivity index (χ4v) is 1.60. The van der Waals surface area contributed by atoms with Crippen LogP contribution in [0.2, 0.25) is 0 Å². The largest absolute Gasteiger partial charge is 0.361 e. The van der Waals surface area contributed by atoms with Crippen LogP contribution in [0.1, 0.15) is 13.8 Å². The third kappa shape index (κ3) is 4.76. The second-order valence-corrected chi connectivity index (χ2v) is 4.62. The number of carbonyl (C=O) groups excluding carboxylic acids is 1. The first-order valence-electron chi connectivity index (χ1n) is 5.48. The first-order valence-corrected chi connectivity index (χ1v) is 6.70. The molecule has 0 unspecified atom stereocenters. The molecule has 1 rings (SSSR count). The highest BCUT2D eigenvalue weighted by atomic mass is 32.2. The smallest absolute Gasteiger partial charge is 0.239 e. The molecule has 0 aromatic carbocycles. The fraction of sp³-hybridized carbons (Fsp3) is 0.500. The molecule has 1 aromatic rings. The summed E-state index contributed by atoms with van der Waals surface area (Å²) in [5, 5.41) is 6.29. The number of aromatic nitrogens is 2. The van der Waals surface area contributed by atoms with E-state index in [4.69, 9.17) is 5.84 Å². The third-order valence-corrected chi connectivity index (χ3v) is 2.46. The molecule has 18 heavy (non-hydrogen) atoms. The molecule has 8 heteroatoms. The van der Waals surface area contributed by atoms with Crippen molar-refractivity contribution in [3.05, 3.63) is 6.07 Å². The van der Waals surface area contributed by atoms with Gasteiger partial charge in [0, 0.05) is 12.1 Å². The maximum atomic E-state index is 11.5. The summed E-state index contributed by atoms with van der Waals surface area (Å²) >= 11 is 1.40. The van der Waals surface area contributed by atoms with E-state index in [1.54, 1.807) is 6.07 Å². The molecular weight excluding hydrogens is 252 g/mol. The Balaban J connectivity index is 2.63. The van der Waals surface area contributed by atoms with Crippen LogP contribution in [0.5, 0.6) is 0 Å².